The van der Waals surface area contributed by atoms with Crippen LogP contribution in [0, 0.1) is 20.8 Å². The van der Waals surface area contributed by atoms with Crippen LogP contribution in [0.2, 0.25) is 0 Å². The first-order valence-electron chi connectivity index (χ1n) is 7.47. The predicted octanol–water partition coefficient (Wildman–Crippen LogP) is 3.03. The molecule has 2 rings (SSSR count). The van der Waals surface area contributed by atoms with Gasteiger partial charge in [-0.1, -0.05) is 6.07 Å². The Kier molecular flexibility index (Phi) is 6.39. The maximum Gasteiger partial charge on any atom is 0.160 e. The zero-order valence-corrected chi connectivity index (χ0v) is 14.6. The van der Waals surface area contributed by atoms with E-state index in [2.05, 4.69) is 37.1 Å². The van der Waals surface area contributed by atoms with E-state index in [0.29, 0.717) is 6.04 Å². The van der Waals surface area contributed by atoms with Gasteiger partial charge in [-0.05, 0) is 56.9 Å². The molecule has 0 amide bonds. The monoisotopic (exact) mass is 310 g/mol. The SMILES string of the molecule is CC(=O)c1c(C)cc(C)c(CN2CCNC[C@@H]2C)c1C.Cl. The quantitative estimate of drug-likeness (QED) is 0.871. The normalized spacial score (nSPS) is 19.2. The predicted molar refractivity (Wildman–Crippen MR) is 90.6 cm³/mol. The zero-order chi connectivity index (χ0) is 14.9. The van der Waals surface area contributed by atoms with Crippen molar-refractivity contribution in [3.63, 3.8) is 0 Å². The van der Waals surface area contributed by atoms with E-state index in [1.807, 2.05) is 6.92 Å². The number of carbonyl (C=O) groups excluding carboxylic acids is 1. The maximum absolute atomic E-state index is 11.9. The molecule has 21 heavy (non-hydrogen) atoms. The molecule has 0 unspecified atom stereocenters. The number of rotatable bonds is 3. The van der Waals surface area contributed by atoms with E-state index in [1.165, 1.54) is 16.7 Å². The van der Waals surface area contributed by atoms with Crippen molar-refractivity contribution in [3.8, 4) is 0 Å². The van der Waals surface area contributed by atoms with E-state index < -0.39 is 0 Å². The number of Topliss-reactive ketones (excluding diaryl/α,β-unsaturated/α-hetero) is 1. The minimum Gasteiger partial charge on any atom is -0.314 e. The van der Waals surface area contributed by atoms with Gasteiger partial charge in [0.25, 0.3) is 0 Å². The van der Waals surface area contributed by atoms with Gasteiger partial charge in [-0.15, -0.1) is 12.4 Å². The number of ketones is 1. The van der Waals surface area contributed by atoms with Crippen LogP contribution in [0.3, 0.4) is 0 Å². The smallest absolute Gasteiger partial charge is 0.160 e. The van der Waals surface area contributed by atoms with Crippen LogP contribution in [0.25, 0.3) is 0 Å². The van der Waals surface area contributed by atoms with Gasteiger partial charge >= 0.3 is 0 Å². The van der Waals surface area contributed by atoms with Crippen LogP contribution >= 0.6 is 12.4 Å². The van der Waals surface area contributed by atoms with Crippen LogP contribution < -0.4 is 5.32 Å². The van der Waals surface area contributed by atoms with Gasteiger partial charge in [0.15, 0.2) is 5.78 Å². The molecule has 1 N–H and O–H groups in total. The van der Waals surface area contributed by atoms with Crippen molar-refractivity contribution < 1.29 is 4.79 Å². The Labute approximate surface area is 134 Å². The lowest BCUT2D eigenvalue weighted by atomic mass is 9.91. The van der Waals surface area contributed by atoms with Crippen molar-refractivity contribution in [3.05, 3.63) is 33.9 Å². The fourth-order valence-electron chi connectivity index (χ4n) is 3.33. The van der Waals surface area contributed by atoms with Crippen molar-refractivity contribution in [2.45, 2.75) is 47.2 Å². The second kappa shape index (κ2) is 7.39. The van der Waals surface area contributed by atoms with Gasteiger partial charge in [-0.2, -0.15) is 0 Å². The number of halogens is 1. The van der Waals surface area contributed by atoms with Crippen molar-refractivity contribution in [2.24, 2.45) is 0 Å². The Morgan fingerprint density at radius 2 is 2.00 bits per heavy atom. The van der Waals surface area contributed by atoms with Crippen molar-refractivity contribution in [1.82, 2.24) is 10.2 Å². The first kappa shape index (κ1) is 18.1. The van der Waals surface area contributed by atoms with E-state index in [-0.39, 0.29) is 18.2 Å². The highest BCUT2D eigenvalue weighted by atomic mass is 35.5. The molecule has 0 bridgehead atoms. The molecule has 0 radical (unpaired) electrons. The highest BCUT2D eigenvalue weighted by Crippen LogP contribution is 2.25. The number of piperazine rings is 1. The number of benzene rings is 1. The average molecular weight is 311 g/mol. The van der Waals surface area contributed by atoms with Crippen LogP contribution in [0.1, 0.15) is 46.5 Å². The number of carbonyl (C=O) groups is 1. The van der Waals surface area contributed by atoms with Crippen molar-refractivity contribution in [1.29, 1.82) is 0 Å². The van der Waals surface area contributed by atoms with E-state index >= 15 is 0 Å². The van der Waals surface area contributed by atoms with E-state index in [9.17, 15) is 4.79 Å². The molecule has 118 valence electrons. The molecule has 4 heteroatoms. The fraction of sp³-hybridized carbons (Fsp3) is 0.588. The summed E-state index contributed by atoms with van der Waals surface area (Å²) in [6, 6.07) is 2.70. The zero-order valence-electron chi connectivity index (χ0n) is 13.7. The van der Waals surface area contributed by atoms with Crippen LogP contribution in [-0.2, 0) is 6.54 Å². The molecule has 0 spiro atoms. The molecule has 1 aliphatic rings. The summed E-state index contributed by atoms with van der Waals surface area (Å²) in [6.45, 7) is 14.3. The summed E-state index contributed by atoms with van der Waals surface area (Å²) < 4.78 is 0. The van der Waals surface area contributed by atoms with Gasteiger partial charge in [0.2, 0.25) is 0 Å². The molecule has 1 aromatic rings. The van der Waals surface area contributed by atoms with Crippen molar-refractivity contribution >= 4 is 18.2 Å². The molecule has 0 saturated carbocycles. The Balaban J connectivity index is 0.00000220. The first-order chi connectivity index (χ1) is 9.41. The second-order valence-electron chi connectivity index (χ2n) is 6.07. The summed E-state index contributed by atoms with van der Waals surface area (Å²) in [7, 11) is 0. The van der Waals surface area contributed by atoms with E-state index in [4.69, 9.17) is 0 Å². The number of nitrogens with one attached hydrogen (secondary N) is 1. The van der Waals surface area contributed by atoms with Gasteiger partial charge in [0, 0.05) is 37.8 Å². The van der Waals surface area contributed by atoms with Crippen LogP contribution in [0.4, 0.5) is 0 Å². The summed E-state index contributed by atoms with van der Waals surface area (Å²) in [4.78, 5) is 14.4. The molecule has 1 aliphatic heterocycles. The van der Waals surface area contributed by atoms with Crippen LogP contribution in [0.5, 0.6) is 0 Å². The van der Waals surface area contributed by atoms with Gasteiger partial charge in [-0.25, -0.2) is 0 Å². The topological polar surface area (TPSA) is 32.3 Å². The largest absolute Gasteiger partial charge is 0.314 e. The number of hydrogen-bond acceptors (Lipinski definition) is 3. The molecule has 1 saturated heterocycles. The summed E-state index contributed by atoms with van der Waals surface area (Å²) in [5, 5.41) is 3.42. The second-order valence-corrected chi connectivity index (χ2v) is 6.07. The molecule has 1 fully saturated rings. The number of nitrogens with zero attached hydrogens (tertiary/aromatic N) is 1. The molecule has 0 aliphatic carbocycles. The third kappa shape index (κ3) is 3.85. The number of hydrogen-bond donors (Lipinski definition) is 1. The van der Waals surface area contributed by atoms with Gasteiger partial charge in [0.05, 0.1) is 0 Å². The Morgan fingerprint density at radius 3 is 2.57 bits per heavy atom. The summed E-state index contributed by atoms with van der Waals surface area (Å²) >= 11 is 0. The highest BCUT2D eigenvalue weighted by Gasteiger charge is 2.21. The lowest BCUT2D eigenvalue weighted by Crippen LogP contribution is -2.49. The molecule has 1 heterocycles. The van der Waals surface area contributed by atoms with E-state index in [0.717, 1.165) is 37.3 Å². The van der Waals surface area contributed by atoms with Crippen LogP contribution in [0.15, 0.2) is 6.07 Å². The van der Waals surface area contributed by atoms with Gasteiger partial charge in [-0.3, -0.25) is 9.69 Å². The Bertz CT molecular complexity index is 528. The molecule has 0 aromatic heterocycles. The average Bonchev–Trinajstić information content (AvgIpc) is 2.35. The maximum atomic E-state index is 11.9. The molecular weight excluding hydrogens is 284 g/mol. The minimum atomic E-state index is 0. The first-order valence-corrected chi connectivity index (χ1v) is 7.47. The minimum absolute atomic E-state index is 0. The third-order valence-electron chi connectivity index (χ3n) is 4.48. The Hall–Kier alpha value is -0.900. The summed E-state index contributed by atoms with van der Waals surface area (Å²) in [6.07, 6.45) is 0. The van der Waals surface area contributed by atoms with Crippen molar-refractivity contribution in [2.75, 3.05) is 19.6 Å². The van der Waals surface area contributed by atoms with Gasteiger partial charge < -0.3 is 5.32 Å². The lowest BCUT2D eigenvalue weighted by molar-refractivity contribution is 0.101. The third-order valence-corrected chi connectivity index (χ3v) is 4.48. The molecule has 1 atom stereocenters. The fourth-order valence-corrected chi connectivity index (χ4v) is 3.33. The Morgan fingerprint density at radius 1 is 1.33 bits per heavy atom. The molecule has 3 nitrogen and oxygen atoms in total. The number of aryl methyl sites for hydroxylation is 2. The summed E-state index contributed by atoms with van der Waals surface area (Å²) in [5.41, 5.74) is 5.81. The molecular formula is C17H27ClN2O. The lowest BCUT2D eigenvalue weighted by Gasteiger charge is -2.35. The van der Waals surface area contributed by atoms with Gasteiger partial charge in [0.1, 0.15) is 0 Å². The standard InChI is InChI=1S/C17H26N2O.ClH/c1-11-8-12(2)17(15(5)20)14(4)16(11)10-19-7-6-18-9-13(19)3;/h8,13,18H,6-7,9-10H2,1-5H3;1H/t13-;/m0./s1. The van der Waals surface area contributed by atoms with E-state index in [1.54, 1.807) is 6.92 Å². The summed E-state index contributed by atoms with van der Waals surface area (Å²) in [5.74, 6) is 0.176. The highest BCUT2D eigenvalue weighted by molar-refractivity contribution is 5.97. The molecule has 1 aromatic carbocycles. The van der Waals surface area contributed by atoms with Crippen LogP contribution in [-0.4, -0.2) is 36.4 Å².